The summed E-state index contributed by atoms with van der Waals surface area (Å²) in [5.41, 5.74) is 0. The standard InChI is InChI=1S/2C2H3ClO/c2*3-1-2-4/h2*2H,1H2. The first-order valence-corrected chi connectivity index (χ1v) is 2.89. The Kier molecular flexibility index (Phi) is 21.3. The molecule has 0 aromatic heterocycles. The molecule has 0 unspecified atom stereocenters. The van der Waals surface area contributed by atoms with Crippen LogP contribution in [-0.2, 0) is 9.59 Å². The molecule has 0 aromatic rings. The fourth-order valence-corrected chi connectivity index (χ4v) is 0. The topological polar surface area (TPSA) is 34.1 Å². The van der Waals surface area contributed by atoms with E-state index >= 15 is 0 Å². The van der Waals surface area contributed by atoms with Crippen LogP contribution in [0.1, 0.15) is 0 Å². The molecule has 4 heteroatoms. The molecule has 0 atom stereocenters. The van der Waals surface area contributed by atoms with Crippen molar-refractivity contribution in [2.24, 2.45) is 0 Å². The summed E-state index contributed by atoms with van der Waals surface area (Å²) in [5, 5.41) is 0. The van der Waals surface area contributed by atoms with Crippen LogP contribution in [0.2, 0.25) is 0 Å². The second-order valence-electron chi connectivity index (χ2n) is 0.642. The lowest BCUT2D eigenvalue weighted by Crippen LogP contribution is -1.63. The Balaban J connectivity index is 0. The van der Waals surface area contributed by atoms with Gasteiger partial charge in [-0.25, -0.2) is 0 Å². The zero-order valence-corrected chi connectivity index (χ0v) is 5.65. The summed E-state index contributed by atoms with van der Waals surface area (Å²) in [6.45, 7) is 0. The Hall–Kier alpha value is -0.0800. The van der Waals surface area contributed by atoms with Crippen LogP contribution in [0, 0.1) is 0 Å². The summed E-state index contributed by atoms with van der Waals surface area (Å²) in [6.07, 6.45) is 1.28. The van der Waals surface area contributed by atoms with Crippen LogP contribution in [0.4, 0.5) is 0 Å². The van der Waals surface area contributed by atoms with Gasteiger partial charge in [0.1, 0.15) is 12.6 Å². The molecule has 0 aliphatic rings. The fourth-order valence-electron chi connectivity index (χ4n) is 0. The lowest BCUT2D eigenvalue weighted by molar-refractivity contribution is -0.106. The van der Waals surface area contributed by atoms with Crippen LogP contribution in [0.3, 0.4) is 0 Å². The average molecular weight is 157 g/mol. The van der Waals surface area contributed by atoms with Crippen molar-refractivity contribution in [2.75, 3.05) is 11.8 Å². The van der Waals surface area contributed by atoms with Crippen LogP contribution < -0.4 is 0 Å². The van der Waals surface area contributed by atoms with Gasteiger partial charge in [-0.05, 0) is 0 Å². The third-order valence-corrected chi connectivity index (χ3v) is 0.378. The van der Waals surface area contributed by atoms with Crippen molar-refractivity contribution in [1.82, 2.24) is 0 Å². The quantitative estimate of drug-likeness (QED) is 0.439. The number of hydrogen-bond acceptors (Lipinski definition) is 2. The van der Waals surface area contributed by atoms with Gasteiger partial charge in [0.25, 0.3) is 0 Å². The predicted octanol–water partition coefficient (Wildman–Crippen LogP) is 0.848. The zero-order chi connectivity index (χ0) is 6.83. The highest BCUT2D eigenvalue weighted by Crippen LogP contribution is 1.58. The number of aldehydes is 2. The first-order valence-electron chi connectivity index (χ1n) is 1.82. The van der Waals surface area contributed by atoms with E-state index in [1.165, 1.54) is 0 Å². The molecule has 0 aromatic carbocycles. The highest BCUT2D eigenvalue weighted by Gasteiger charge is 1.55. The monoisotopic (exact) mass is 156 g/mol. The zero-order valence-electron chi connectivity index (χ0n) is 4.14. The predicted molar refractivity (Wildman–Crippen MR) is 33.6 cm³/mol. The first kappa shape index (κ1) is 10.8. The number of rotatable bonds is 2. The molecular weight excluding hydrogens is 151 g/mol. The van der Waals surface area contributed by atoms with Gasteiger partial charge in [0, 0.05) is 0 Å². The molecular formula is C4H6Cl2O2. The van der Waals surface area contributed by atoms with Gasteiger partial charge in [-0.1, -0.05) is 0 Å². The molecule has 0 bridgehead atoms. The van der Waals surface area contributed by atoms with Gasteiger partial charge >= 0.3 is 0 Å². The van der Waals surface area contributed by atoms with E-state index in [-0.39, 0.29) is 11.8 Å². The first-order chi connectivity index (χ1) is 3.83. The van der Waals surface area contributed by atoms with Gasteiger partial charge in [0.2, 0.25) is 0 Å². The molecule has 0 aliphatic heterocycles. The Labute approximate surface area is 57.8 Å². The van der Waals surface area contributed by atoms with Crippen molar-refractivity contribution in [2.45, 2.75) is 0 Å². The normalized spacial score (nSPS) is 6.25. The minimum absolute atomic E-state index is 0.111. The summed E-state index contributed by atoms with van der Waals surface area (Å²) in [5.74, 6) is 0.222. The molecule has 0 saturated carbocycles. The molecule has 0 N–H and O–H groups in total. The maximum atomic E-state index is 9.04. The summed E-state index contributed by atoms with van der Waals surface area (Å²) in [4.78, 5) is 18.1. The average Bonchev–Trinajstić information content (AvgIpc) is 1.88. The Morgan fingerprint density at radius 3 is 1.12 bits per heavy atom. The summed E-state index contributed by atoms with van der Waals surface area (Å²) in [6, 6.07) is 0. The summed E-state index contributed by atoms with van der Waals surface area (Å²) in [7, 11) is 0. The molecule has 2 nitrogen and oxygen atoms in total. The smallest absolute Gasteiger partial charge is 0.134 e. The second kappa shape index (κ2) is 15.8. The Bertz CT molecular complexity index is 48.0. The van der Waals surface area contributed by atoms with E-state index in [9.17, 15) is 0 Å². The van der Waals surface area contributed by atoms with E-state index in [4.69, 9.17) is 32.8 Å². The number of halogens is 2. The van der Waals surface area contributed by atoms with Gasteiger partial charge in [0.15, 0.2) is 0 Å². The van der Waals surface area contributed by atoms with Crippen molar-refractivity contribution in [3.8, 4) is 0 Å². The van der Waals surface area contributed by atoms with E-state index in [2.05, 4.69) is 0 Å². The molecule has 0 rings (SSSR count). The third kappa shape index (κ3) is 38.9. The van der Waals surface area contributed by atoms with Crippen molar-refractivity contribution in [3.63, 3.8) is 0 Å². The molecule has 48 valence electrons. The van der Waals surface area contributed by atoms with E-state index in [0.717, 1.165) is 0 Å². The number of carbonyl (C=O) groups excluding carboxylic acids is 2. The molecule has 0 amide bonds. The van der Waals surface area contributed by atoms with E-state index in [1.54, 1.807) is 0 Å². The van der Waals surface area contributed by atoms with Crippen molar-refractivity contribution in [1.29, 1.82) is 0 Å². The second-order valence-corrected chi connectivity index (χ2v) is 1.26. The van der Waals surface area contributed by atoms with Crippen LogP contribution in [-0.4, -0.2) is 24.3 Å². The highest BCUT2D eigenvalue weighted by atomic mass is 35.5. The number of hydrogen-bond donors (Lipinski definition) is 0. The van der Waals surface area contributed by atoms with E-state index in [1.807, 2.05) is 0 Å². The van der Waals surface area contributed by atoms with E-state index < -0.39 is 0 Å². The molecule has 8 heavy (non-hydrogen) atoms. The van der Waals surface area contributed by atoms with Gasteiger partial charge in [0.05, 0.1) is 11.8 Å². The van der Waals surface area contributed by atoms with Crippen LogP contribution >= 0.6 is 23.2 Å². The lowest BCUT2D eigenvalue weighted by atomic mass is 10.9. The Morgan fingerprint density at radius 1 is 1.00 bits per heavy atom. The van der Waals surface area contributed by atoms with Crippen molar-refractivity contribution < 1.29 is 9.59 Å². The molecule has 0 radical (unpaired) electrons. The van der Waals surface area contributed by atoms with Crippen molar-refractivity contribution >= 4 is 35.8 Å². The fraction of sp³-hybridized carbons (Fsp3) is 0.500. The van der Waals surface area contributed by atoms with Gasteiger partial charge in [-0.2, -0.15) is 0 Å². The highest BCUT2D eigenvalue weighted by molar-refractivity contribution is 6.24. The van der Waals surface area contributed by atoms with Gasteiger partial charge in [-0.3, -0.25) is 0 Å². The number of carbonyl (C=O) groups is 2. The van der Waals surface area contributed by atoms with Gasteiger partial charge < -0.3 is 9.59 Å². The SMILES string of the molecule is O=CCCl.O=CCCl. The molecule has 0 fully saturated rings. The minimum Gasteiger partial charge on any atom is -0.302 e. The van der Waals surface area contributed by atoms with Gasteiger partial charge in [-0.15, -0.1) is 23.2 Å². The summed E-state index contributed by atoms with van der Waals surface area (Å²) >= 11 is 9.64. The minimum atomic E-state index is 0.111. The lowest BCUT2D eigenvalue weighted by Gasteiger charge is -1.49. The van der Waals surface area contributed by atoms with E-state index in [0.29, 0.717) is 12.6 Å². The van der Waals surface area contributed by atoms with Crippen molar-refractivity contribution in [3.05, 3.63) is 0 Å². The molecule has 0 heterocycles. The molecule has 0 spiro atoms. The largest absolute Gasteiger partial charge is 0.302 e. The number of alkyl halides is 2. The maximum Gasteiger partial charge on any atom is 0.134 e. The van der Waals surface area contributed by atoms with Crippen LogP contribution in [0.5, 0.6) is 0 Å². The molecule has 0 saturated heterocycles. The Morgan fingerprint density at radius 2 is 1.12 bits per heavy atom. The van der Waals surface area contributed by atoms with Crippen LogP contribution in [0.15, 0.2) is 0 Å². The molecule has 0 aliphatic carbocycles. The van der Waals surface area contributed by atoms with Crippen LogP contribution in [0.25, 0.3) is 0 Å². The maximum absolute atomic E-state index is 9.04. The summed E-state index contributed by atoms with van der Waals surface area (Å²) < 4.78 is 0. The third-order valence-electron chi connectivity index (χ3n) is 0.126.